The van der Waals surface area contributed by atoms with Gasteiger partial charge in [0, 0.05) is 17.0 Å². The third-order valence-electron chi connectivity index (χ3n) is 5.35. The largest absolute Gasteiger partial charge is 0.481 e. The summed E-state index contributed by atoms with van der Waals surface area (Å²) in [6.45, 7) is 0. The Morgan fingerprint density at radius 1 is 0.911 bits per heavy atom. The van der Waals surface area contributed by atoms with Gasteiger partial charge in [0.05, 0.1) is 46.4 Å². The first-order chi connectivity index (χ1) is 21.1. The van der Waals surface area contributed by atoms with Crippen molar-refractivity contribution < 1.29 is 52.1 Å². The minimum absolute atomic E-state index is 0.00885. The van der Waals surface area contributed by atoms with Crippen LogP contribution in [-0.4, -0.2) is 51.3 Å². The Bertz CT molecular complexity index is 1740. The van der Waals surface area contributed by atoms with Gasteiger partial charge < -0.3 is 24.4 Å². The molecule has 0 aliphatic carbocycles. The summed E-state index contributed by atoms with van der Waals surface area (Å²) in [6.07, 6.45) is -4.58. The average Bonchev–Trinajstić information content (AvgIpc) is 2.97. The number of aromatic carboxylic acids is 2. The molecular weight excluding hydrogens is 670 g/mol. The van der Waals surface area contributed by atoms with Crippen LogP contribution >= 0.6 is 35.0 Å². The van der Waals surface area contributed by atoms with E-state index in [-0.39, 0.29) is 27.1 Å². The van der Waals surface area contributed by atoms with E-state index in [0.717, 1.165) is 42.1 Å². The van der Waals surface area contributed by atoms with Gasteiger partial charge in [0.25, 0.3) is 5.69 Å². The number of hydrogen-bond donors (Lipinski definition) is 2. The van der Waals surface area contributed by atoms with Crippen LogP contribution in [0.2, 0.25) is 10.0 Å². The topological polar surface area (TPSA) is 171 Å². The second-order valence-corrected chi connectivity index (χ2v) is 10.1. The Hall–Kier alpha value is -4.80. The van der Waals surface area contributed by atoms with E-state index in [4.69, 9.17) is 42.5 Å². The summed E-state index contributed by atoms with van der Waals surface area (Å²) in [5.41, 5.74) is -2.24. The monoisotopic (exact) mass is 687 g/mol. The fraction of sp³-hybridized carbons (Fsp3) is 0.111. The van der Waals surface area contributed by atoms with E-state index in [1.807, 2.05) is 0 Å². The number of nitrogens with zero attached hydrogens (tertiary/aromatic N) is 3. The first kappa shape index (κ1) is 34.7. The number of aromatic nitrogens is 2. The third kappa shape index (κ3) is 9.10. The van der Waals surface area contributed by atoms with E-state index >= 15 is 0 Å². The van der Waals surface area contributed by atoms with E-state index in [9.17, 15) is 38.0 Å². The molecule has 236 valence electrons. The van der Waals surface area contributed by atoms with Crippen LogP contribution < -0.4 is 14.2 Å². The molecule has 0 spiro atoms. The van der Waals surface area contributed by atoms with Crippen LogP contribution in [0.25, 0.3) is 0 Å². The van der Waals surface area contributed by atoms with E-state index < -0.39 is 39.9 Å². The molecule has 0 radical (unpaired) electrons. The summed E-state index contributed by atoms with van der Waals surface area (Å²) >= 11 is 12.7. The van der Waals surface area contributed by atoms with Crippen molar-refractivity contribution in [3.8, 4) is 23.3 Å². The maximum absolute atomic E-state index is 12.6. The van der Waals surface area contributed by atoms with Gasteiger partial charge in [0.1, 0.15) is 17.1 Å². The van der Waals surface area contributed by atoms with Crippen molar-refractivity contribution in [2.24, 2.45) is 0 Å². The summed E-state index contributed by atoms with van der Waals surface area (Å²) in [5.74, 6) is -2.30. The molecule has 18 heteroatoms. The molecule has 0 aliphatic rings. The van der Waals surface area contributed by atoms with Gasteiger partial charge in [0.15, 0.2) is 5.16 Å². The summed E-state index contributed by atoms with van der Waals surface area (Å²) < 4.78 is 53.0. The molecule has 1 aromatic heterocycles. The number of rotatable bonds is 9. The van der Waals surface area contributed by atoms with Crippen LogP contribution in [0, 0.1) is 10.1 Å². The van der Waals surface area contributed by atoms with Crippen molar-refractivity contribution in [3.05, 3.63) is 97.5 Å². The van der Waals surface area contributed by atoms with Gasteiger partial charge in [-0.2, -0.15) is 23.1 Å². The maximum Gasteiger partial charge on any atom is 0.416 e. The van der Waals surface area contributed by atoms with Crippen LogP contribution in [0.1, 0.15) is 26.3 Å². The Morgan fingerprint density at radius 3 is 2.07 bits per heavy atom. The summed E-state index contributed by atoms with van der Waals surface area (Å²) in [4.78, 5) is 40.9. The number of carbonyl (C=O) groups is 2. The lowest BCUT2D eigenvalue weighted by molar-refractivity contribution is -0.385. The fourth-order valence-electron chi connectivity index (χ4n) is 3.33. The van der Waals surface area contributed by atoms with Crippen molar-refractivity contribution in [2.45, 2.75) is 16.2 Å². The SMILES string of the molecule is COc1cc(OC)nc(Sc2cccc(Cl)c2C(=O)O)n1.O=C(O)c1cc(Oc2ccc(C(F)(F)F)cc2Cl)ccc1[N+](=O)[O-]. The van der Waals surface area contributed by atoms with Gasteiger partial charge in [-0.1, -0.05) is 29.3 Å². The van der Waals surface area contributed by atoms with Crippen LogP contribution in [0.15, 0.2) is 70.7 Å². The van der Waals surface area contributed by atoms with Crippen LogP contribution in [0.3, 0.4) is 0 Å². The number of ether oxygens (including phenoxy) is 3. The molecule has 1 heterocycles. The highest BCUT2D eigenvalue weighted by Crippen LogP contribution is 2.37. The zero-order valence-corrected chi connectivity index (χ0v) is 25.0. The average molecular weight is 688 g/mol. The molecule has 0 saturated heterocycles. The molecule has 2 N–H and O–H groups in total. The quantitative estimate of drug-likeness (QED) is 0.0997. The zero-order valence-electron chi connectivity index (χ0n) is 22.7. The van der Waals surface area contributed by atoms with Crippen molar-refractivity contribution in [1.29, 1.82) is 0 Å². The molecule has 0 fully saturated rings. The van der Waals surface area contributed by atoms with E-state index in [0.29, 0.717) is 27.9 Å². The van der Waals surface area contributed by atoms with Gasteiger partial charge >= 0.3 is 18.1 Å². The molecule has 4 aromatic rings. The number of methoxy groups -OCH3 is 2. The smallest absolute Gasteiger partial charge is 0.416 e. The fourth-order valence-corrected chi connectivity index (χ4v) is 4.77. The van der Waals surface area contributed by atoms with Gasteiger partial charge in [-0.05, 0) is 48.2 Å². The first-order valence-corrected chi connectivity index (χ1v) is 13.4. The predicted octanol–water partition coefficient (Wildman–Crippen LogP) is 7.75. The standard InChI is InChI=1S/C14H7ClF3NO5.C13H11ClN2O4S/c15-10-5-7(14(16,17)18)1-4-12(10)24-8-2-3-11(19(22)23)9(6-8)13(20)21;1-19-9-6-10(20-2)16-13(15-9)21-8-5-3-4-7(14)11(8)12(17)18/h1-6H,(H,20,21);3-6H,1-2H3,(H,17,18). The number of alkyl halides is 3. The minimum atomic E-state index is -4.58. The molecule has 0 unspecified atom stereocenters. The second kappa shape index (κ2) is 14.8. The lowest BCUT2D eigenvalue weighted by Crippen LogP contribution is -2.05. The number of halogens is 5. The molecule has 12 nitrogen and oxygen atoms in total. The summed E-state index contributed by atoms with van der Waals surface area (Å²) in [7, 11) is 2.94. The Labute approximate surface area is 265 Å². The Kier molecular flexibility index (Phi) is 11.4. The lowest BCUT2D eigenvalue weighted by Gasteiger charge is -2.11. The van der Waals surface area contributed by atoms with Crippen molar-refractivity contribution in [1.82, 2.24) is 9.97 Å². The molecule has 0 saturated carbocycles. The Morgan fingerprint density at radius 2 is 1.56 bits per heavy atom. The number of carboxylic acids is 2. The number of benzene rings is 3. The highest BCUT2D eigenvalue weighted by molar-refractivity contribution is 7.99. The van der Waals surface area contributed by atoms with E-state index in [2.05, 4.69) is 9.97 Å². The third-order valence-corrected chi connectivity index (χ3v) is 6.89. The Balaban J connectivity index is 0.000000248. The van der Waals surface area contributed by atoms with Gasteiger partial charge in [-0.25, -0.2) is 9.59 Å². The molecule has 0 amide bonds. The summed E-state index contributed by atoms with van der Waals surface area (Å²) in [6, 6.07) is 11.6. The molecule has 45 heavy (non-hydrogen) atoms. The number of nitro groups is 1. The first-order valence-electron chi connectivity index (χ1n) is 11.9. The summed E-state index contributed by atoms with van der Waals surface area (Å²) in [5, 5.41) is 29.1. The highest BCUT2D eigenvalue weighted by atomic mass is 35.5. The molecule has 0 aliphatic heterocycles. The molecule has 4 rings (SSSR count). The highest BCUT2D eigenvalue weighted by Gasteiger charge is 2.31. The second-order valence-electron chi connectivity index (χ2n) is 8.24. The number of hydrogen-bond acceptors (Lipinski definition) is 10. The normalized spacial score (nSPS) is 10.7. The van der Waals surface area contributed by atoms with Gasteiger partial charge in [-0.3, -0.25) is 10.1 Å². The van der Waals surface area contributed by atoms with Crippen molar-refractivity contribution in [2.75, 3.05) is 14.2 Å². The van der Waals surface area contributed by atoms with E-state index in [1.165, 1.54) is 26.4 Å². The van der Waals surface area contributed by atoms with Gasteiger partial charge in [-0.15, -0.1) is 0 Å². The lowest BCUT2D eigenvalue weighted by atomic mass is 10.1. The zero-order chi connectivity index (χ0) is 33.5. The van der Waals surface area contributed by atoms with Crippen molar-refractivity contribution in [3.63, 3.8) is 0 Å². The number of nitro benzene ring substituents is 1. The van der Waals surface area contributed by atoms with Crippen LogP contribution in [0.4, 0.5) is 18.9 Å². The molecular formula is C27H18Cl2F3N3O9S. The van der Waals surface area contributed by atoms with Gasteiger partial charge in [0.2, 0.25) is 11.8 Å². The predicted molar refractivity (Wildman–Crippen MR) is 154 cm³/mol. The van der Waals surface area contributed by atoms with Crippen molar-refractivity contribution >= 4 is 52.6 Å². The maximum atomic E-state index is 12.6. The van der Waals surface area contributed by atoms with Crippen LogP contribution in [-0.2, 0) is 6.18 Å². The molecule has 0 atom stereocenters. The van der Waals surface area contributed by atoms with E-state index in [1.54, 1.807) is 12.1 Å². The molecule has 3 aromatic carbocycles. The minimum Gasteiger partial charge on any atom is -0.481 e. The molecule has 0 bridgehead atoms. The number of carboxylic acid groups (broad SMARTS) is 2. The van der Waals surface area contributed by atoms with Crippen LogP contribution in [0.5, 0.6) is 23.3 Å².